The lowest BCUT2D eigenvalue weighted by atomic mass is 10.2. The van der Waals surface area contributed by atoms with E-state index in [0.717, 1.165) is 36.5 Å². The van der Waals surface area contributed by atoms with Crippen molar-refractivity contribution in [3.05, 3.63) is 60.2 Å². The summed E-state index contributed by atoms with van der Waals surface area (Å²) in [7, 11) is 0. The highest BCUT2D eigenvalue weighted by molar-refractivity contribution is 5.68. The predicted octanol–water partition coefficient (Wildman–Crippen LogP) is 4.37. The molecule has 1 atom stereocenters. The molecule has 144 valence electrons. The Bertz CT molecular complexity index is 738. The topological polar surface area (TPSA) is 50.8 Å². The maximum Gasteiger partial charge on any atom is 0.407 e. The lowest BCUT2D eigenvalue weighted by Crippen LogP contribution is -2.40. The minimum atomic E-state index is -0.474. The standard InChI is InChI=1S/C22H28N2O3/c1-22(2,3)27-21(25)23-18-13-14-24(15-18)19-9-11-20(12-10-19)26-16-17-7-5-4-6-8-17/h4-12,18H,13-16H2,1-3H3,(H,23,25)/t18-/m1/s1. The number of nitrogens with one attached hydrogen (secondary N) is 1. The molecule has 5 heteroatoms. The van der Waals surface area contributed by atoms with Crippen molar-refractivity contribution in [2.75, 3.05) is 18.0 Å². The van der Waals surface area contributed by atoms with Gasteiger partial charge in [-0.05, 0) is 57.0 Å². The molecule has 1 fully saturated rings. The molecule has 3 rings (SSSR count). The van der Waals surface area contributed by atoms with Gasteiger partial charge >= 0.3 is 6.09 Å². The van der Waals surface area contributed by atoms with Crippen LogP contribution in [0.1, 0.15) is 32.8 Å². The van der Waals surface area contributed by atoms with Crippen LogP contribution in [0.4, 0.5) is 10.5 Å². The number of nitrogens with zero attached hydrogens (tertiary/aromatic N) is 1. The first kappa shape index (κ1) is 19.1. The second-order valence-electron chi connectivity index (χ2n) is 7.85. The maximum absolute atomic E-state index is 11.9. The molecule has 1 saturated heterocycles. The van der Waals surface area contributed by atoms with Crippen molar-refractivity contribution in [1.29, 1.82) is 0 Å². The van der Waals surface area contributed by atoms with Crippen LogP contribution in [0, 0.1) is 0 Å². The first-order chi connectivity index (χ1) is 12.9. The highest BCUT2D eigenvalue weighted by atomic mass is 16.6. The Hall–Kier alpha value is -2.69. The van der Waals surface area contributed by atoms with Crippen molar-refractivity contribution in [3.63, 3.8) is 0 Å². The number of hydrogen-bond donors (Lipinski definition) is 1. The maximum atomic E-state index is 11.9. The summed E-state index contributed by atoms with van der Waals surface area (Å²) in [5.74, 6) is 0.852. The van der Waals surface area contributed by atoms with Crippen LogP contribution < -0.4 is 15.0 Å². The Kier molecular flexibility index (Phi) is 5.89. The van der Waals surface area contributed by atoms with Crippen LogP contribution >= 0.6 is 0 Å². The van der Waals surface area contributed by atoms with E-state index in [0.29, 0.717) is 6.61 Å². The number of benzene rings is 2. The zero-order valence-electron chi connectivity index (χ0n) is 16.3. The number of ether oxygens (including phenoxy) is 2. The monoisotopic (exact) mass is 368 g/mol. The summed E-state index contributed by atoms with van der Waals surface area (Å²) in [4.78, 5) is 14.2. The Balaban J connectivity index is 1.48. The molecule has 1 aliphatic rings. The molecular formula is C22H28N2O3. The van der Waals surface area contributed by atoms with Crippen molar-refractivity contribution in [2.45, 2.75) is 45.4 Å². The molecular weight excluding hydrogens is 340 g/mol. The number of hydrogen-bond acceptors (Lipinski definition) is 4. The van der Waals surface area contributed by atoms with Gasteiger partial charge in [0, 0.05) is 18.8 Å². The molecule has 0 saturated carbocycles. The van der Waals surface area contributed by atoms with E-state index < -0.39 is 5.60 Å². The van der Waals surface area contributed by atoms with E-state index in [2.05, 4.69) is 34.5 Å². The molecule has 2 aromatic carbocycles. The molecule has 5 nitrogen and oxygen atoms in total. The average molecular weight is 368 g/mol. The number of rotatable bonds is 5. The van der Waals surface area contributed by atoms with E-state index in [1.165, 1.54) is 0 Å². The molecule has 0 aliphatic carbocycles. The number of amides is 1. The normalized spacial score (nSPS) is 16.9. The Morgan fingerprint density at radius 2 is 1.81 bits per heavy atom. The van der Waals surface area contributed by atoms with Gasteiger partial charge in [-0.2, -0.15) is 0 Å². The second kappa shape index (κ2) is 8.33. The first-order valence-electron chi connectivity index (χ1n) is 9.40. The molecule has 0 aromatic heterocycles. The van der Waals surface area contributed by atoms with Crippen LogP contribution in [0.2, 0.25) is 0 Å². The first-order valence-corrected chi connectivity index (χ1v) is 9.40. The number of carbonyl (C=O) groups is 1. The fourth-order valence-electron chi connectivity index (χ4n) is 3.08. The minimum Gasteiger partial charge on any atom is -0.489 e. The van der Waals surface area contributed by atoms with Gasteiger partial charge in [0.05, 0.1) is 6.04 Å². The van der Waals surface area contributed by atoms with E-state index in [1.54, 1.807) is 0 Å². The fraction of sp³-hybridized carbons (Fsp3) is 0.409. The van der Waals surface area contributed by atoms with Gasteiger partial charge in [-0.15, -0.1) is 0 Å². The summed E-state index contributed by atoms with van der Waals surface area (Å²) in [6.07, 6.45) is 0.560. The zero-order valence-corrected chi connectivity index (χ0v) is 16.3. The van der Waals surface area contributed by atoms with E-state index in [4.69, 9.17) is 9.47 Å². The van der Waals surface area contributed by atoms with Gasteiger partial charge in [-0.25, -0.2) is 4.79 Å². The largest absolute Gasteiger partial charge is 0.489 e. The van der Waals surface area contributed by atoms with Gasteiger partial charge in [0.25, 0.3) is 0 Å². The highest BCUT2D eigenvalue weighted by Crippen LogP contribution is 2.24. The van der Waals surface area contributed by atoms with Crippen LogP contribution in [0.15, 0.2) is 54.6 Å². The fourth-order valence-corrected chi connectivity index (χ4v) is 3.08. The predicted molar refractivity (Wildman–Crippen MR) is 107 cm³/mol. The molecule has 1 N–H and O–H groups in total. The van der Waals surface area contributed by atoms with Gasteiger partial charge in [-0.3, -0.25) is 0 Å². The van der Waals surface area contributed by atoms with Crippen molar-refractivity contribution in [2.24, 2.45) is 0 Å². The molecule has 0 bridgehead atoms. The number of carbonyl (C=O) groups excluding carboxylic acids is 1. The van der Waals surface area contributed by atoms with Crippen LogP contribution in [-0.4, -0.2) is 30.8 Å². The molecule has 1 amide bonds. The van der Waals surface area contributed by atoms with Gasteiger partial charge in [0.1, 0.15) is 18.0 Å². The third kappa shape index (κ3) is 5.91. The third-order valence-electron chi connectivity index (χ3n) is 4.36. The number of alkyl carbamates (subject to hydrolysis) is 1. The number of anilines is 1. The SMILES string of the molecule is CC(C)(C)OC(=O)N[C@@H]1CCN(c2ccc(OCc3ccccc3)cc2)C1. The average Bonchev–Trinajstić information content (AvgIpc) is 3.08. The van der Waals surface area contributed by atoms with Crippen LogP contribution in [0.3, 0.4) is 0 Å². The van der Waals surface area contributed by atoms with E-state index in [1.807, 2.05) is 51.1 Å². The lowest BCUT2D eigenvalue weighted by molar-refractivity contribution is 0.0509. The summed E-state index contributed by atoms with van der Waals surface area (Å²) < 4.78 is 11.2. The van der Waals surface area contributed by atoms with Gasteiger partial charge < -0.3 is 19.7 Å². The molecule has 0 unspecified atom stereocenters. The Morgan fingerprint density at radius 1 is 1.11 bits per heavy atom. The molecule has 1 heterocycles. The Labute approximate surface area is 161 Å². The van der Waals surface area contributed by atoms with Crippen molar-refractivity contribution in [1.82, 2.24) is 5.32 Å². The van der Waals surface area contributed by atoms with Gasteiger partial charge in [0.2, 0.25) is 0 Å². The zero-order chi connectivity index (χ0) is 19.3. The minimum absolute atomic E-state index is 0.105. The van der Waals surface area contributed by atoms with E-state index in [9.17, 15) is 4.79 Å². The van der Waals surface area contributed by atoms with Crippen molar-refractivity contribution in [3.8, 4) is 5.75 Å². The van der Waals surface area contributed by atoms with Gasteiger partial charge in [-0.1, -0.05) is 30.3 Å². The van der Waals surface area contributed by atoms with Crippen LogP contribution in [0.25, 0.3) is 0 Å². The second-order valence-corrected chi connectivity index (χ2v) is 7.85. The van der Waals surface area contributed by atoms with E-state index in [-0.39, 0.29) is 12.1 Å². The van der Waals surface area contributed by atoms with E-state index >= 15 is 0 Å². The smallest absolute Gasteiger partial charge is 0.407 e. The van der Waals surface area contributed by atoms with Crippen LogP contribution in [0.5, 0.6) is 5.75 Å². The molecule has 2 aromatic rings. The summed E-state index contributed by atoms with van der Waals surface area (Å²) in [5.41, 5.74) is 1.81. The molecule has 27 heavy (non-hydrogen) atoms. The summed E-state index contributed by atoms with van der Waals surface area (Å²) in [6, 6.07) is 18.3. The third-order valence-corrected chi connectivity index (χ3v) is 4.36. The summed E-state index contributed by atoms with van der Waals surface area (Å²) in [5, 5.41) is 2.96. The van der Waals surface area contributed by atoms with Crippen LogP contribution in [-0.2, 0) is 11.3 Å². The molecule has 0 radical (unpaired) electrons. The Morgan fingerprint density at radius 3 is 2.48 bits per heavy atom. The molecule has 0 spiro atoms. The summed E-state index contributed by atoms with van der Waals surface area (Å²) in [6.45, 7) is 7.86. The van der Waals surface area contributed by atoms with Gasteiger partial charge in [0.15, 0.2) is 0 Å². The lowest BCUT2D eigenvalue weighted by Gasteiger charge is -2.22. The molecule has 1 aliphatic heterocycles. The van der Waals surface area contributed by atoms with Crippen molar-refractivity contribution >= 4 is 11.8 Å². The van der Waals surface area contributed by atoms with Crippen molar-refractivity contribution < 1.29 is 14.3 Å². The summed E-state index contributed by atoms with van der Waals surface area (Å²) >= 11 is 0. The highest BCUT2D eigenvalue weighted by Gasteiger charge is 2.26. The quantitative estimate of drug-likeness (QED) is 0.851.